The molecular weight excluding hydrogens is 242 g/mol. The van der Waals surface area contributed by atoms with Crippen molar-refractivity contribution in [1.82, 2.24) is 19.6 Å². The standard InChI is InChI=1S/C13H11N5O/c1-9-16-17-12-11(5-3-7-18(9)12)15-13(19)10-4-2-6-14-8-10/h2-8H,1H3,(H,15,19). The highest BCUT2D eigenvalue weighted by molar-refractivity contribution is 6.05. The third kappa shape index (κ3) is 2.03. The van der Waals surface area contributed by atoms with Crippen molar-refractivity contribution in [3.63, 3.8) is 0 Å². The van der Waals surface area contributed by atoms with E-state index in [4.69, 9.17) is 0 Å². The summed E-state index contributed by atoms with van der Waals surface area (Å²) in [6.07, 6.45) is 4.99. The SMILES string of the molecule is Cc1nnc2c(NC(=O)c3cccnc3)cccn12. The van der Waals surface area contributed by atoms with Gasteiger partial charge < -0.3 is 5.32 Å². The Bertz CT molecular complexity index is 735. The Labute approximate surface area is 109 Å². The third-order valence-electron chi connectivity index (χ3n) is 2.78. The van der Waals surface area contributed by atoms with E-state index in [9.17, 15) is 4.79 Å². The van der Waals surface area contributed by atoms with Gasteiger partial charge >= 0.3 is 0 Å². The molecule has 1 N–H and O–H groups in total. The normalized spacial score (nSPS) is 10.6. The van der Waals surface area contributed by atoms with Crippen LogP contribution in [-0.2, 0) is 0 Å². The molecule has 0 atom stereocenters. The van der Waals surface area contributed by atoms with E-state index in [1.807, 2.05) is 23.6 Å². The average molecular weight is 253 g/mol. The van der Waals surface area contributed by atoms with Crippen molar-refractivity contribution in [2.45, 2.75) is 6.92 Å². The Balaban J connectivity index is 1.96. The lowest BCUT2D eigenvalue weighted by molar-refractivity contribution is 0.102. The molecule has 0 aliphatic rings. The van der Waals surface area contributed by atoms with E-state index in [2.05, 4.69) is 20.5 Å². The van der Waals surface area contributed by atoms with Crippen LogP contribution in [0.5, 0.6) is 0 Å². The van der Waals surface area contributed by atoms with Crippen molar-refractivity contribution in [3.05, 3.63) is 54.2 Å². The zero-order valence-corrected chi connectivity index (χ0v) is 10.2. The molecule has 0 unspecified atom stereocenters. The molecule has 0 saturated carbocycles. The van der Waals surface area contributed by atoms with E-state index in [-0.39, 0.29) is 5.91 Å². The van der Waals surface area contributed by atoms with Crippen molar-refractivity contribution < 1.29 is 4.79 Å². The van der Waals surface area contributed by atoms with Crippen molar-refractivity contribution in [2.75, 3.05) is 5.32 Å². The number of hydrogen-bond donors (Lipinski definition) is 1. The van der Waals surface area contributed by atoms with Gasteiger partial charge in [0.15, 0.2) is 5.65 Å². The highest BCUT2D eigenvalue weighted by Gasteiger charge is 2.10. The van der Waals surface area contributed by atoms with Crippen LogP contribution >= 0.6 is 0 Å². The first-order valence-corrected chi connectivity index (χ1v) is 5.77. The minimum absolute atomic E-state index is 0.221. The summed E-state index contributed by atoms with van der Waals surface area (Å²) in [6.45, 7) is 1.85. The smallest absolute Gasteiger partial charge is 0.257 e. The lowest BCUT2D eigenvalue weighted by atomic mass is 10.2. The lowest BCUT2D eigenvalue weighted by Gasteiger charge is -2.05. The fraction of sp³-hybridized carbons (Fsp3) is 0.0769. The predicted molar refractivity (Wildman–Crippen MR) is 69.9 cm³/mol. The van der Waals surface area contributed by atoms with Gasteiger partial charge in [-0.1, -0.05) is 0 Å². The van der Waals surface area contributed by atoms with Crippen LogP contribution in [0.15, 0.2) is 42.9 Å². The van der Waals surface area contributed by atoms with E-state index < -0.39 is 0 Å². The second kappa shape index (κ2) is 4.49. The highest BCUT2D eigenvalue weighted by atomic mass is 16.1. The number of nitrogens with zero attached hydrogens (tertiary/aromatic N) is 4. The summed E-state index contributed by atoms with van der Waals surface area (Å²) in [4.78, 5) is 16.0. The second-order valence-electron chi connectivity index (χ2n) is 4.06. The number of aryl methyl sites for hydroxylation is 1. The summed E-state index contributed by atoms with van der Waals surface area (Å²) in [6, 6.07) is 7.05. The fourth-order valence-electron chi connectivity index (χ4n) is 1.82. The van der Waals surface area contributed by atoms with E-state index in [1.165, 1.54) is 6.20 Å². The fourth-order valence-corrected chi connectivity index (χ4v) is 1.82. The summed E-state index contributed by atoms with van der Waals surface area (Å²) >= 11 is 0. The molecule has 0 aliphatic heterocycles. The Morgan fingerprint density at radius 1 is 1.26 bits per heavy atom. The van der Waals surface area contributed by atoms with Gasteiger partial charge in [0.1, 0.15) is 5.82 Å². The molecule has 0 fully saturated rings. The monoisotopic (exact) mass is 253 g/mol. The minimum atomic E-state index is -0.221. The zero-order valence-electron chi connectivity index (χ0n) is 10.2. The Morgan fingerprint density at radius 2 is 2.16 bits per heavy atom. The van der Waals surface area contributed by atoms with E-state index in [0.29, 0.717) is 16.9 Å². The molecule has 6 nitrogen and oxygen atoms in total. The van der Waals surface area contributed by atoms with Gasteiger partial charge in [-0.05, 0) is 31.2 Å². The van der Waals surface area contributed by atoms with Crippen molar-refractivity contribution >= 4 is 17.2 Å². The van der Waals surface area contributed by atoms with Gasteiger partial charge in [0, 0.05) is 18.6 Å². The number of fused-ring (bicyclic) bond motifs is 1. The Hall–Kier alpha value is -2.76. The maximum absolute atomic E-state index is 12.1. The number of aromatic nitrogens is 4. The summed E-state index contributed by atoms with van der Waals surface area (Å²) in [5, 5.41) is 10.8. The molecule has 0 bridgehead atoms. The van der Waals surface area contributed by atoms with Gasteiger partial charge in [0.25, 0.3) is 5.91 Å². The number of carbonyl (C=O) groups excluding carboxylic acids is 1. The van der Waals surface area contributed by atoms with E-state index in [0.717, 1.165) is 5.82 Å². The van der Waals surface area contributed by atoms with Gasteiger partial charge in [0.2, 0.25) is 0 Å². The highest BCUT2D eigenvalue weighted by Crippen LogP contribution is 2.16. The van der Waals surface area contributed by atoms with Crippen LogP contribution in [0, 0.1) is 6.92 Å². The Kier molecular flexibility index (Phi) is 2.68. The second-order valence-corrected chi connectivity index (χ2v) is 4.06. The molecule has 19 heavy (non-hydrogen) atoms. The molecule has 3 heterocycles. The lowest BCUT2D eigenvalue weighted by Crippen LogP contribution is -2.12. The molecule has 3 rings (SSSR count). The number of hydrogen-bond acceptors (Lipinski definition) is 4. The maximum Gasteiger partial charge on any atom is 0.257 e. The van der Waals surface area contributed by atoms with Crippen molar-refractivity contribution in [2.24, 2.45) is 0 Å². The first-order valence-electron chi connectivity index (χ1n) is 5.77. The number of amides is 1. The van der Waals surface area contributed by atoms with E-state index >= 15 is 0 Å². The maximum atomic E-state index is 12.1. The molecule has 3 aromatic rings. The molecular formula is C13H11N5O. The van der Waals surface area contributed by atoms with Crippen LogP contribution in [0.3, 0.4) is 0 Å². The summed E-state index contributed by atoms with van der Waals surface area (Å²) in [7, 11) is 0. The van der Waals surface area contributed by atoms with Gasteiger partial charge in [-0.15, -0.1) is 10.2 Å². The predicted octanol–water partition coefficient (Wildman–Crippen LogP) is 1.69. The third-order valence-corrected chi connectivity index (χ3v) is 2.78. The molecule has 0 saturated heterocycles. The Morgan fingerprint density at radius 3 is 2.95 bits per heavy atom. The first kappa shape index (κ1) is 11.3. The summed E-state index contributed by atoms with van der Waals surface area (Å²) in [5.41, 5.74) is 1.75. The molecule has 0 aliphatic carbocycles. The molecule has 6 heteroatoms. The summed E-state index contributed by atoms with van der Waals surface area (Å²) in [5.74, 6) is 0.550. The molecule has 94 valence electrons. The minimum Gasteiger partial charge on any atom is -0.319 e. The topological polar surface area (TPSA) is 72.2 Å². The number of carbonyl (C=O) groups is 1. The van der Waals surface area contributed by atoms with Crippen LogP contribution < -0.4 is 5.32 Å². The van der Waals surface area contributed by atoms with Crippen molar-refractivity contribution in [3.8, 4) is 0 Å². The molecule has 0 spiro atoms. The van der Waals surface area contributed by atoms with Gasteiger partial charge in [-0.2, -0.15) is 0 Å². The molecule has 3 aromatic heterocycles. The van der Waals surface area contributed by atoms with Crippen LogP contribution in [0.4, 0.5) is 5.69 Å². The van der Waals surface area contributed by atoms with Crippen LogP contribution in [0.2, 0.25) is 0 Å². The first-order chi connectivity index (χ1) is 9.25. The number of anilines is 1. The van der Waals surface area contributed by atoms with Gasteiger partial charge in [0.05, 0.1) is 11.3 Å². The zero-order chi connectivity index (χ0) is 13.2. The van der Waals surface area contributed by atoms with Crippen LogP contribution in [-0.4, -0.2) is 25.5 Å². The van der Waals surface area contributed by atoms with Gasteiger partial charge in [-0.3, -0.25) is 14.2 Å². The van der Waals surface area contributed by atoms with Crippen LogP contribution in [0.1, 0.15) is 16.2 Å². The number of pyridine rings is 2. The number of rotatable bonds is 2. The summed E-state index contributed by atoms with van der Waals surface area (Å²) < 4.78 is 1.82. The van der Waals surface area contributed by atoms with E-state index in [1.54, 1.807) is 24.4 Å². The molecule has 1 amide bonds. The van der Waals surface area contributed by atoms with Crippen molar-refractivity contribution in [1.29, 1.82) is 0 Å². The van der Waals surface area contributed by atoms with Gasteiger partial charge in [-0.25, -0.2) is 0 Å². The number of nitrogens with one attached hydrogen (secondary N) is 1. The quantitative estimate of drug-likeness (QED) is 0.754. The average Bonchev–Trinajstić information content (AvgIpc) is 2.83. The molecule has 0 aromatic carbocycles. The van der Waals surface area contributed by atoms with Crippen LogP contribution in [0.25, 0.3) is 5.65 Å². The molecule has 0 radical (unpaired) electrons. The largest absolute Gasteiger partial charge is 0.319 e.